The molecule has 1 amide bonds. The second-order valence-corrected chi connectivity index (χ2v) is 7.31. The standard InChI is InChI=1S/C22H32N4O/c1-2-23-22(24-18-21(27)25-13-7-4-8-14-25)26-15-11-20(12-16-26)17-19-9-5-3-6-10-19/h3,5-6,9-10,17H,2,4,7-8,11-16,18H2,1H3,(H,23,24). The number of likely N-dealkylation sites (tertiary alicyclic amines) is 2. The molecular formula is C22H32N4O. The van der Waals surface area contributed by atoms with E-state index in [1.165, 1.54) is 17.6 Å². The van der Waals surface area contributed by atoms with Crippen molar-refractivity contribution in [3.05, 3.63) is 41.5 Å². The highest BCUT2D eigenvalue weighted by Crippen LogP contribution is 2.19. The fourth-order valence-corrected chi connectivity index (χ4v) is 3.75. The lowest BCUT2D eigenvalue weighted by atomic mass is 10.0. The summed E-state index contributed by atoms with van der Waals surface area (Å²) in [6.45, 7) is 6.83. The number of nitrogens with one attached hydrogen (secondary N) is 1. The molecule has 0 spiro atoms. The smallest absolute Gasteiger partial charge is 0.244 e. The third-order valence-corrected chi connectivity index (χ3v) is 5.28. The van der Waals surface area contributed by atoms with Crippen molar-refractivity contribution in [2.24, 2.45) is 4.99 Å². The van der Waals surface area contributed by atoms with Gasteiger partial charge in [-0.25, -0.2) is 4.99 Å². The monoisotopic (exact) mass is 368 g/mol. The number of rotatable bonds is 4. The molecule has 5 nitrogen and oxygen atoms in total. The highest BCUT2D eigenvalue weighted by molar-refractivity contribution is 5.85. The van der Waals surface area contributed by atoms with Crippen molar-refractivity contribution in [2.45, 2.75) is 39.0 Å². The zero-order valence-electron chi connectivity index (χ0n) is 16.5. The first-order valence-electron chi connectivity index (χ1n) is 10.3. The molecule has 0 bridgehead atoms. The van der Waals surface area contributed by atoms with Crippen LogP contribution in [-0.2, 0) is 4.79 Å². The number of guanidine groups is 1. The largest absolute Gasteiger partial charge is 0.357 e. The average molecular weight is 369 g/mol. The van der Waals surface area contributed by atoms with E-state index in [1.54, 1.807) is 0 Å². The summed E-state index contributed by atoms with van der Waals surface area (Å²) in [6.07, 6.45) is 7.87. The summed E-state index contributed by atoms with van der Waals surface area (Å²) in [7, 11) is 0. The molecule has 0 radical (unpaired) electrons. The zero-order chi connectivity index (χ0) is 18.9. The SMILES string of the molecule is CCNC(=NCC(=O)N1CCCCC1)N1CCC(=Cc2ccccc2)CC1. The maximum absolute atomic E-state index is 12.4. The van der Waals surface area contributed by atoms with Crippen LogP contribution in [0.1, 0.15) is 44.6 Å². The number of nitrogens with zero attached hydrogens (tertiary/aromatic N) is 3. The molecule has 5 heteroatoms. The van der Waals surface area contributed by atoms with E-state index in [0.29, 0.717) is 0 Å². The van der Waals surface area contributed by atoms with E-state index in [9.17, 15) is 4.79 Å². The molecule has 0 saturated carbocycles. The van der Waals surface area contributed by atoms with Gasteiger partial charge in [-0.3, -0.25) is 4.79 Å². The summed E-state index contributed by atoms with van der Waals surface area (Å²) in [4.78, 5) is 21.3. The van der Waals surface area contributed by atoms with Gasteiger partial charge in [-0.2, -0.15) is 0 Å². The normalized spacial score (nSPS) is 18.4. The van der Waals surface area contributed by atoms with Crippen LogP contribution in [0.25, 0.3) is 6.08 Å². The molecule has 0 aromatic heterocycles. The molecule has 3 rings (SSSR count). The molecule has 27 heavy (non-hydrogen) atoms. The fraction of sp³-hybridized carbons (Fsp3) is 0.545. The van der Waals surface area contributed by atoms with Crippen LogP contribution in [-0.4, -0.2) is 60.9 Å². The molecule has 2 saturated heterocycles. The molecule has 1 aromatic carbocycles. The maximum atomic E-state index is 12.4. The second kappa shape index (κ2) is 10.1. The molecular weight excluding hydrogens is 336 g/mol. The van der Waals surface area contributed by atoms with Crippen molar-refractivity contribution < 1.29 is 4.79 Å². The zero-order valence-corrected chi connectivity index (χ0v) is 16.5. The highest BCUT2D eigenvalue weighted by Gasteiger charge is 2.19. The van der Waals surface area contributed by atoms with Crippen LogP contribution in [0, 0.1) is 0 Å². The van der Waals surface area contributed by atoms with Crippen LogP contribution < -0.4 is 5.32 Å². The molecule has 2 fully saturated rings. The molecule has 2 aliphatic rings. The van der Waals surface area contributed by atoms with E-state index in [1.807, 2.05) is 4.90 Å². The third-order valence-electron chi connectivity index (χ3n) is 5.28. The topological polar surface area (TPSA) is 47.9 Å². The van der Waals surface area contributed by atoms with E-state index in [4.69, 9.17) is 0 Å². The Kier molecular flexibility index (Phi) is 7.31. The molecule has 2 aliphatic heterocycles. The van der Waals surface area contributed by atoms with Gasteiger partial charge in [0.25, 0.3) is 0 Å². The first kappa shape index (κ1) is 19.5. The first-order chi connectivity index (χ1) is 13.3. The van der Waals surface area contributed by atoms with E-state index >= 15 is 0 Å². The number of amides is 1. The molecule has 0 unspecified atom stereocenters. The predicted octanol–water partition coefficient (Wildman–Crippen LogP) is 3.14. The van der Waals surface area contributed by atoms with Crippen molar-refractivity contribution in [3.63, 3.8) is 0 Å². The van der Waals surface area contributed by atoms with Gasteiger partial charge in [-0.05, 0) is 44.6 Å². The summed E-state index contributed by atoms with van der Waals surface area (Å²) in [5.74, 6) is 1.04. The molecule has 1 N–H and O–H groups in total. The Morgan fingerprint density at radius 1 is 1.04 bits per heavy atom. The van der Waals surface area contributed by atoms with Gasteiger partial charge < -0.3 is 15.1 Å². The summed E-state index contributed by atoms with van der Waals surface area (Å²) in [5, 5.41) is 3.36. The minimum Gasteiger partial charge on any atom is -0.357 e. The number of piperidine rings is 2. The number of hydrogen-bond donors (Lipinski definition) is 1. The molecule has 0 aliphatic carbocycles. The third kappa shape index (κ3) is 5.84. The Bertz CT molecular complexity index is 652. The Labute approximate surface area is 163 Å². The van der Waals surface area contributed by atoms with Crippen molar-refractivity contribution in [3.8, 4) is 0 Å². The maximum Gasteiger partial charge on any atom is 0.244 e. The fourth-order valence-electron chi connectivity index (χ4n) is 3.75. The van der Waals surface area contributed by atoms with Gasteiger partial charge in [0, 0.05) is 32.7 Å². The highest BCUT2D eigenvalue weighted by atomic mass is 16.2. The number of benzene rings is 1. The van der Waals surface area contributed by atoms with E-state index in [-0.39, 0.29) is 12.5 Å². The van der Waals surface area contributed by atoms with Gasteiger partial charge in [-0.15, -0.1) is 0 Å². The number of hydrogen-bond acceptors (Lipinski definition) is 2. The van der Waals surface area contributed by atoms with Crippen LogP contribution in [0.4, 0.5) is 0 Å². The summed E-state index contributed by atoms with van der Waals surface area (Å²) < 4.78 is 0. The number of carbonyl (C=O) groups is 1. The Morgan fingerprint density at radius 3 is 2.41 bits per heavy atom. The van der Waals surface area contributed by atoms with E-state index in [2.05, 4.69) is 58.5 Å². The quantitative estimate of drug-likeness (QED) is 0.656. The average Bonchev–Trinajstić information content (AvgIpc) is 2.73. The Hall–Kier alpha value is -2.30. The second-order valence-electron chi connectivity index (χ2n) is 7.31. The molecule has 0 atom stereocenters. The lowest BCUT2D eigenvalue weighted by Gasteiger charge is -2.32. The molecule has 2 heterocycles. The van der Waals surface area contributed by atoms with Crippen LogP contribution in [0.2, 0.25) is 0 Å². The minimum atomic E-state index is 0.159. The Morgan fingerprint density at radius 2 is 1.74 bits per heavy atom. The van der Waals surface area contributed by atoms with Gasteiger partial charge in [0.05, 0.1) is 0 Å². The first-order valence-corrected chi connectivity index (χ1v) is 10.3. The number of carbonyl (C=O) groups excluding carboxylic acids is 1. The van der Waals surface area contributed by atoms with Gasteiger partial charge in [0.15, 0.2) is 5.96 Å². The van der Waals surface area contributed by atoms with Gasteiger partial charge >= 0.3 is 0 Å². The molecule has 1 aromatic rings. The van der Waals surface area contributed by atoms with Crippen molar-refractivity contribution in [1.82, 2.24) is 15.1 Å². The van der Waals surface area contributed by atoms with Crippen LogP contribution in [0.15, 0.2) is 40.9 Å². The lowest BCUT2D eigenvalue weighted by Crippen LogP contribution is -2.45. The van der Waals surface area contributed by atoms with Crippen molar-refractivity contribution >= 4 is 17.9 Å². The van der Waals surface area contributed by atoms with Gasteiger partial charge in [-0.1, -0.05) is 42.0 Å². The van der Waals surface area contributed by atoms with Crippen molar-refractivity contribution in [2.75, 3.05) is 39.3 Å². The van der Waals surface area contributed by atoms with Crippen LogP contribution in [0.3, 0.4) is 0 Å². The van der Waals surface area contributed by atoms with Gasteiger partial charge in [0.2, 0.25) is 5.91 Å². The summed E-state index contributed by atoms with van der Waals surface area (Å²) >= 11 is 0. The molecule has 146 valence electrons. The van der Waals surface area contributed by atoms with Gasteiger partial charge in [0.1, 0.15) is 6.54 Å². The van der Waals surface area contributed by atoms with Crippen LogP contribution in [0.5, 0.6) is 0 Å². The lowest BCUT2D eigenvalue weighted by molar-refractivity contribution is -0.130. The summed E-state index contributed by atoms with van der Waals surface area (Å²) in [5.41, 5.74) is 2.76. The van der Waals surface area contributed by atoms with Crippen LogP contribution >= 0.6 is 0 Å². The predicted molar refractivity (Wildman–Crippen MR) is 112 cm³/mol. The summed E-state index contributed by atoms with van der Waals surface area (Å²) in [6, 6.07) is 10.5. The van der Waals surface area contributed by atoms with E-state index < -0.39 is 0 Å². The van der Waals surface area contributed by atoms with Crippen molar-refractivity contribution in [1.29, 1.82) is 0 Å². The number of aliphatic imine (C=N–C) groups is 1. The Balaban J connectivity index is 1.55. The van der Waals surface area contributed by atoms with E-state index in [0.717, 1.165) is 64.4 Å². The minimum absolute atomic E-state index is 0.159.